The Hall–Kier alpha value is -3.22. The second-order valence-electron chi connectivity index (χ2n) is 7.71. The Kier molecular flexibility index (Phi) is 7.93. The minimum Gasteiger partial charge on any atom is -0.493 e. The molecule has 0 aliphatic carbocycles. The number of hydrogen-bond acceptors (Lipinski definition) is 5. The van der Waals surface area contributed by atoms with Gasteiger partial charge in [-0.2, -0.15) is 0 Å². The van der Waals surface area contributed by atoms with Crippen molar-refractivity contribution in [2.75, 3.05) is 13.7 Å². The van der Waals surface area contributed by atoms with Gasteiger partial charge in [-0.1, -0.05) is 66.2 Å². The number of imide groups is 1. The maximum Gasteiger partial charge on any atom is 0.293 e. The summed E-state index contributed by atoms with van der Waals surface area (Å²) < 4.78 is 11.4. The SMILES string of the molecule is COc1cc(/C=C2/SC(=O)N(CCCc3ccccc3)C2=O)ccc1OCc1ccccc1Cl. The van der Waals surface area contributed by atoms with E-state index in [0.717, 1.165) is 35.7 Å². The van der Waals surface area contributed by atoms with Crippen LogP contribution in [0.2, 0.25) is 5.02 Å². The summed E-state index contributed by atoms with van der Waals surface area (Å²) in [5, 5.41) is 0.397. The lowest BCUT2D eigenvalue weighted by Crippen LogP contribution is -2.29. The molecule has 1 saturated heterocycles. The normalized spacial score (nSPS) is 14.6. The van der Waals surface area contributed by atoms with Gasteiger partial charge in [0.15, 0.2) is 11.5 Å². The van der Waals surface area contributed by atoms with Gasteiger partial charge in [-0.3, -0.25) is 14.5 Å². The summed E-state index contributed by atoms with van der Waals surface area (Å²) in [5.41, 5.74) is 2.81. The molecule has 0 saturated carbocycles. The van der Waals surface area contributed by atoms with Crippen LogP contribution in [-0.2, 0) is 17.8 Å². The van der Waals surface area contributed by atoms with E-state index in [4.69, 9.17) is 21.1 Å². The third-order valence-corrected chi connectivity index (χ3v) is 6.67. The first-order chi connectivity index (χ1) is 16.5. The van der Waals surface area contributed by atoms with E-state index in [2.05, 4.69) is 0 Å². The lowest BCUT2D eigenvalue weighted by atomic mass is 10.1. The molecule has 3 aromatic rings. The molecule has 0 aromatic heterocycles. The first-order valence-electron chi connectivity index (χ1n) is 10.9. The fraction of sp³-hybridized carbons (Fsp3) is 0.185. The van der Waals surface area contributed by atoms with Crippen LogP contribution in [0.3, 0.4) is 0 Å². The highest BCUT2D eigenvalue weighted by Crippen LogP contribution is 2.35. The van der Waals surface area contributed by atoms with Gasteiger partial charge in [0.05, 0.1) is 12.0 Å². The third kappa shape index (κ3) is 5.82. The molecular weight excluding hydrogens is 470 g/mol. The number of benzene rings is 3. The van der Waals surface area contributed by atoms with Crippen molar-refractivity contribution in [1.82, 2.24) is 4.90 Å². The van der Waals surface area contributed by atoms with E-state index in [-0.39, 0.29) is 11.1 Å². The van der Waals surface area contributed by atoms with Crippen LogP contribution in [-0.4, -0.2) is 29.7 Å². The highest BCUT2D eigenvalue weighted by molar-refractivity contribution is 8.18. The zero-order valence-electron chi connectivity index (χ0n) is 18.7. The molecule has 2 amide bonds. The molecule has 7 heteroatoms. The zero-order chi connectivity index (χ0) is 23.9. The van der Waals surface area contributed by atoms with Crippen molar-refractivity contribution >= 4 is 40.6 Å². The van der Waals surface area contributed by atoms with Crippen molar-refractivity contribution in [2.45, 2.75) is 19.4 Å². The van der Waals surface area contributed by atoms with Crippen LogP contribution in [0.5, 0.6) is 11.5 Å². The average Bonchev–Trinajstić information content (AvgIpc) is 3.12. The minimum atomic E-state index is -0.263. The predicted octanol–water partition coefficient (Wildman–Crippen LogP) is 6.60. The number of ether oxygens (including phenoxy) is 2. The Bertz CT molecular complexity index is 1210. The quantitative estimate of drug-likeness (QED) is 0.314. The summed E-state index contributed by atoms with van der Waals surface area (Å²) in [6.07, 6.45) is 3.25. The van der Waals surface area contributed by atoms with Crippen LogP contribution >= 0.6 is 23.4 Å². The average molecular weight is 494 g/mol. The van der Waals surface area contributed by atoms with Crippen molar-refractivity contribution in [3.63, 3.8) is 0 Å². The molecule has 0 N–H and O–H groups in total. The number of amides is 2. The Morgan fingerprint density at radius 3 is 2.50 bits per heavy atom. The largest absolute Gasteiger partial charge is 0.493 e. The van der Waals surface area contributed by atoms with Gasteiger partial charge in [-0.15, -0.1) is 0 Å². The molecule has 1 heterocycles. The van der Waals surface area contributed by atoms with Crippen molar-refractivity contribution in [2.24, 2.45) is 0 Å². The van der Waals surface area contributed by atoms with Gasteiger partial charge in [-0.05, 0) is 60.0 Å². The number of aryl methyl sites for hydroxylation is 1. The van der Waals surface area contributed by atoms with Gasteiger partial charge >= 0.3 is 0 Å². The van der Waals surface area contributed by atoms with Crippen LogP contribution in [0.25, 0.3) is 6.08 Å². The second kappa shape index (κ2) is 11.3. The van der Waals surface area contributed by atoms with E-state index in [1.807, 2.05) is 60.7 Å². The number of thioether (sulfide) groups is 1. The van der Waals surface area contributed by atoms with Gasteiger partial charge < -0.3 is 9.47 Å². The summed E-state index contributed by atoms with van der Waals surface area (Å²) in [7, 11) is 1.56. The smallest absolute Gasteiger partial charge is 0.293 e. The minimum absolute atomic E-state index is 0.240. The van der Waals surface area contributed by atoms with Crippen molar-refractivity contribution in [1.29, 1.82) is 0 Å². The standard InChI is InChI=1S/C27H24ClNO4S/c1-32-24-16-20(13-14-23(24)33-18-21-11-5-6-12-22(21)28)17-25-26(30)29(27(31)34-25)15-7-10-19-8-3-2-4-9-19/h2-6,8-9,11-14,16-17H,7,10,15,18H2,1H3/b25-17+. The third-order valence-electron chi connectivity index (χ3n) is 5.39. The summed E-state index contributed by atoms with van der Waals surface area (Å²) in [6, 6.07) is 22.9. The molecule has 34 heavy (non-hydrogen) atoms. The van der Waals surface area contributed by atoms with Crippen LogP contribution in [0.4, 0.5) is 4.79 Å². The van der Waals surface area contributed by atoms with Crippen LogP contribution < -0.4 is 9.47 Å². The lowest BCUT2D eigenvalue weighted by Gasteiger charge is -2.13. The summed E-state index contributed by atoms with van der Waals surface area (Å²) in [4.78, 5) is 27.0. The molecule has 0 bridgehead atoms. The Labute approximate surface area is 208 Å². The zero-order valence-corrected chi connectivity index (χ0v) is 20.3. The van der Waals surface area contributed by atoms with E-state index in [1.165, 1.54) is 10.5 Å². The van der Waals surface area contributed by atoms with E-state index in [1.54, 1.807) is 25.3 Å². The van der Waals surface area contributed by atoms with Gasteiger partial charge in [0.2, 0.25) is 0 Å². The first kappa shape index (κ1) is 23.9. The molecule has 1 aliphatic heterocycles. The Balaban J connectivity index is 1.41. The summed E-state index contributed by atoms with van der Waals surface area (Å²) >= 11 is 7.16. The molecule has 0 radical (unpaired) electrons. The number of halogens is 1. The number of nitrogens with zero attached hydrogens (tertiary/aromatic N) is 1. The Morgan fingerprint density at radius 1 is 0.971 bits per heavy atom. The van der Waals surface area contributed by atoms with Crippen molar-refractivity contribution < 1.29 is 19.1 Å². The van der Waals surface area contributed by atoms with Crippen molar-refractivity contribution in [3.8, 4) is 11.5 Å². The van der Waals surface area contributed by atoms with E-state index in [0.29, 0.717) is 34.6 Å². The molecule has 1 fully saturated rings. The van der Waals surface area contributed by atoms with E-state index >= 15 is 0 Å². The highest BCUT2D eigenvalue weighted by Gasteiger charge is 2.34. The lowest BCUT2D eigenvalue weighted by molar-refractivity contribution is -0.122. The number of hydrogen-bond donors (Lipinski definition) is 0. The van der Waals surface area contributed by atoms with Crippen LogP contribution in [0.15, 0.2) is 77.7 Å². The van der Waals surface area contributed by atoms with Crippen LogP contribution in [0, 0.1) is 0 Å². The molecule has 174 valence electrons. The molecule has 5 nitrogen and oxygen atoms in total. The van der Waals surface area contributed by atoms with Crippen LogP contribution in [0.1, 0.15) is 23.1 Å². The first-order valence-corrected chi connectivity index (χ1v) is 12.1. The molecular formula is C27H24ClNO4S. The number of methoxy groups -OCH3 is 1. The highest BCUT2D eigenvalue weighted by atomic mass is 35.5. The maximum absolute atomic E-state index is 12.8. The molecule has 3 aromatic carbocycles. The fourth-order valence-corrected chi connectivity index (χ4v) is 4.65. The van der Waals surface area contributed by atoms with Gasteiger partial charge in [0.1, 0.15) is 6.61 Å². The summed E-state index contributed by atoms with van der Waals surface area (Å²) in [5.74, 6) is 0.831. The second-order valence-corrected chi connectivity index (χ2v) is 9.11. The number of carbonyl (C=O) groups is 2. The topological polar surface area (TPSA) is 55.8 Å². The van der Waals surface area contributed by atoms with Gasteiger partial charge in [0.25, 0.3) is 11.1 Å². The van der Waals surface area contributed by atoms with E-state index < -0.39 is 0 Å². The molecule has 1 aliphatic rings. The Morgan fingerprint density at radius 2 is 1.74 bits per heavy atom. The maximum atomic E-state index is 12.8. The molecule has 4 rings (SSSR count). The predicted molar refractivity (Wildman–Crippen MR) is 136 cm³/mol. The fourth-order valence-electron chi connectivity index (χ4n) is 3.59. The van der Waals surface area contributed by atoms with E-state index in [9.17, 15) is 9.59 Å². The molecule has 0 spiro atoms. The molecule has 0 atom stereocenters. The monoisotopic (exact) mass is 493 g/mol. The van der Waals surface area contributed by atoms with Gasteiger partial charge in [-0.25, -0.2) is 0 Å². The number of carbonyl (C=O) groups excluding carboxylic acids is 2. The number of rotatable bonds is 9. The molecule has 0 unspecified atom stereocenters. The summed E-state index contributed by atoms with van der Waals surface area (Å²) in [6.45, 7) is 0.701. The van der Waals surface area contributed by atoms with Gasteiger partial charge in [0, 0.05) is 17.1 Å². The van der Waals surface area contributed by atoms with Crippen molar-refractivity contribution in [3.05, 3.63) is 99.4 Å².